The van der Waals surface area contributed by atoms with Gasteiger partial charge in [0.25, 0.3) is 0 Å². The van der Waals surface area contributed by atoms with Crippen molar-refractivity contribution in [2.75, 3.05) is 5.73 Å². The molecule has 0 aliphatic rings. The molecule has 0 spiro atoms. The van der Waals surface area contributed by atoms with Crippen LogP contribution in [0.2, 0.25) is 0 Å². The Morgan fingerprint density at radius 2 is 2.23 bits per heavy atom. The van der Waals surface area contributed by atoms with Gasteiger partial charge in [-0.05, 0) is 18.2 Å². The number of rotatable bonds is 2. The van der Waals surface area contributed by atoms with E-state index in [9.17, 15) is 0 Å². The minimum Gasteiger partial charge on any atom is -0.398 e. The number of hydrogen-bond acceptors (Lipinski definition) is 1. The molecule has 0 fully saturated rings. The average Bonchev–Trinajstić information content (AvgIpc) is 2.51. The van der Waals surface area contributed by atoms with Gasteiger partial charge < -0.3 is 10.3 Å². The molecule has 0 saturated carbocycles. The molecule has 0 bridgehead atoms. The summed E-state index contributed by atoms with van der Waals surface area (Å²) in [5.41, 5.74) is 7.83. The second-order valence-electron chi connectivity index (χ2n) is 3.04. The van der Waals surface area contributed by atoms with Crippen molar-refractivity contribution in [2.24, 2.45) is 0 Å². The highest BCUT2D eigenvalue weighted by atomic mass is 14.9. The smallest absolute Gasteiger partial charge is 0.0504 e. The molecule has 1 heterocycles. The lowest BCUT2D eigenvalue weighted by molar-refractivity contribution is 0.865. The quantitative estimate of drug-likeness (QED) is 0.547. The molecule has 0 amide bonds. The van der Waals surface area contributed by atoms with Crippen LogP contribution in [-0.2, 0) is 6.54 Å². The Balaban J connectivity index is 2.67. The lowest BCUT2D eigenvalue weighted by Crippen LogP contribution is -1.92. The monoisotopic (exact) mass is 172 g/mol. The van der Waals surface area contributed by atoms with Crippen molar-refractivity contribution in [2.45, 2.75) is 6.54 Å². The Morgan fingerprint density at radius 1 is 1.38 bits per heavy atom. The molecule has 1 aromatic heterocycles. The molecule has 2 aromatic rings. The Labute approximate surface area is 77.3 Å². The Bertz CT molecular complexity index is 440. The van der Waals surface area contributed by atoms with E-state index in [-0.39, 0.29) is 0 Å². The van der Waals surface area contributed by atoms with E-state index >= 15 is 0 Å². The highest BCUT2D eigenvalue weighted by Crippen LogP contribution is 2.21. The molecule has 0 unspecified atom stereocenters. The highest BCUT2D eigenvalue weighted by molar-refractivity contribution is 5.91. The number of benzene rings is 1. The maximum absolute atomic E-state index is 5.83. The van der Waals surface area contributed by atoms with E-state index in [0.29, 0.717) is 0 Å². The molecule has 0 radical (unpaired) electrons. The van der Waals surface area contributed by atoms with Crippen LogP contribution in [0.1, 0.15) is 0 Å². The van der Waals surface area contributed by atoms with Gasteiger partial charge >= 0.3 is 0 Å². The van der Waals surface area contributed by atoms with E-state index in [2.05, 4.69) is 17.2 Å². The summed E-state index contributed by atoms with van der Waals surface area (Å²) in [4.78, 5) is 0. The molecular formula is C11H12N2. The molecule has 0 aliphatic heterocycles. The summed E-state index contributed by atoms with van der Waals surface area (Å²) >= 11 is 0. The molecule has 2 nitrogen and oxygen atoms in total. The number of nitrogens with two attached hydrogens (primary N) is 1. The van der Waals surface area contributed by atoms with Gasteiger partial charge in [0.1, 0.15) is 0 Å². The van der Waals surface area contributed by atoms with E-state index in [1.54, 1.807) is 0 Å². The van der Waals surface area contributed by atoms with Gasteiger partial charge in [0.05, 0.1) is 5.52 Å². The van der Waals surface area contributed by atoms with Gasteiger partial charge in [-0.15, -0.1) is 6.58 Å². The van der Waals surface area contributed by atoms with Crippen molar-refractivity contribution < 1.29 is 0 Å². The van der Waals surface area contributed by atoms with Crippen molar-refractivity contribution in [3.63, 3.8) is 0 Å². The largest absolute Gasteiger partial charge is 0.398 e. The van der Waals surface area contributed by atoms with E-state index in [1.807, 2.05) is 30.5 Å². The van der Waals surface area contributed by atoms with Crippen LogP contribution in [0.25, 0.3) is 10.9 Å². The number of aromatic nitrogens is 1. The number of nitrogen functional groups attached to an aromatic ring is 1. The highest BCUT2D eigenvalue weighted by Gasteiger charge is 2.00. The maximum Gasteiger partial charge on any atom is 0.0504 e. The first-order valence-corrected chi connectivity index (χ1v) is 4.27. The van der Waals surface area contributed by atoms with E-state index in [1.165, 1.54) is 5.52 Å². The third-order valence-electron chi connectivity index (χ3n) is 2.17. The van der Waals surface area contributed by atoms with Crippen molar-refractivity contribution in [1.29, 1.82) is 0 Å². The zero-order valence-corrected chi connectivity index (χ0v) is 7.40. The predicted molar refractivity (Wildman–Crippen MR) is 56.5 cm³/mol. The van der Waals surface area contributed by atoms with Crippen LogP contribution < -0.4 is 5.73 Å². The Morgan fingerprint density at radius 3 is 3.00 bits per heavy atom. The maximum atomic E-state index is 5.83. The van der Waals surface area contributed by atoms with Gasteiger partial charge in [-0.1, -0.05) is 12.1 Å². The van der Waals surface area contributed by atoms with Crippen molar-refractivity contribution >= 4 is 16.6 Å². The summed E-state index contributed by atoms with van der Waals surface area (Å²) in [5.74, 6) is 0. The number of allylic oxidation sites excluding steroid dienone is 1. The number of nitrogens with zero attached hydrogens (tertiary/aromatic N) is 1. The normalized spacial score (nSPS) is 10.5. The van der Waals surface area contributed by atoms with Crippen LogP contribution in [0.3, 0.4) is 0 Å². The molecule has 13 heavy (non-hydrogen) atoms. The van der Waals surface area contributed by atoms with E-state index < -0.39 is 0 Å². The van der Waals surface area contributed by atoms with E-state index in [0.717, 1.165) is 17.6 Å². The van der Waals surface area contributed by atoms with Gasteiger partial charge in [-0.25, -0.2) is 0 Å². The second-order valence-corrected chi connectivity index (χ2v) is 3.04. The lowest BCUT2D eigenvalue weighted by Gasteiger charge is -2.01. The molecule has 0 atom stereocenters. The first-order chi connectivity index (χ1) is 6.33. The van der Waals surface area contributed by atoms with Crippen LogP contribution in [0.15, 0.2) is 43.1 Å². The summed E-state index contributed by atoms with van der Waals surface area (Å²) in [6.45, 7) is 4.54. The Hall–Kier alpha value is -1.70. The van der Waals surface area contributed by atoms with Crippen molar-refractivity contribution in [1.82, 2.24) is 4.57 Å². The Kier molecular flexibility index (Phi) is 1.81. The molecular weight excluding hydrogens is 160 g/mol. The summed E-state index contributed by atoms with van der Waals surface area (Å²) in [6, 6.07) is 7.99. The number of fused-ring (bicyclic) bond motifs is 1. The summed E-state index contributed by atoms with van der Waals surface area (Å²) in [7, 11) is 0. The zero-order valence-electron chi connectivity index (χ0n) is 7.40. The topological polar surface area (TPSA) is 30.9 Å². The van der Waals surface area contributed by atoms with Gasteiger partial charge in [-0.2, -0.15) is 0 Å². The average molecular weight is 172 g/mol. The van der Waals surface area contributed by atoms with Crippen LogP contribution in [0.5, 0.6) is 0 Å². The van der Waals surface area contributed by atoms with Crippen molar-refractivity contribution in [3.05, 3.63) is 43.1 Å². The summed E-state index contributed by atoms with van der Waals surface area (Å²) < 4.78 is 2.12. The minimum atomic E-state index is 0.826. The standard InChI is InChI=1S/C11H12N2/c1-2-7-13-8-6-9-10(12)4-3-5-11(9)13/h2-6,8H,1,7,12H2. The van der Waals surface area contributed by atoms with Crippen LogP contribution in [0.4, 0.5) is 5.69 Å². The fraction of sp³-hybridized carbons (Fsp3) is 0.0909. The third-order valence-corrected chi connectivity index (χ3v) is 2.17. The predicted octanol–water partition coefficient (Wildman–Crippen LogP) is 2.41. The molecule has 2 rings (SSSR count). The SMILES string of the molecule is C=CCn1ccc2c(N)cccc21. The van der Waals surface area contributed by atoms with E-state index in [4.69, 9.17) is 5.73 Å². The first-order valence-electron chi connectivity index (χ1n) is 4.27. The molecule has 0 aliphatic carbocycles. The fourth-order valence-corrected chi connectivity index (χ4v) is 1.55. The van der Waals surface area contributed by atoms with Crippen LogP contribution in [-0.4, -0.2) is 4.57 Å². The van der Waals surface area contributed by atoms with Gasteiger partial charge in [-0.3, -0.25) is 0 Å². The summed E-state index contributed by atoms with van der Waals surface area (Å²) in [5, 5.41) is 1.12. The first kappa shape index (κ1) is 7.92. The van der Waals surface area contributed by atoms with Gasteiger partial charge in [0, 0.05) is 23.8 Å². The fourth-order valence-electron chi connectivity index (χ4n) is 1.55. The molecule has 0 saturated heterocycles. The lowest BCUT2D eigenvalue weighted by atomic mass is 10.2. The van der Waals surface area contributed by atoms with Crippen LogP contribution in [0, 0.1) is 0 Å². The zero-order chi connectivity index (χ0) is 9.26. The molecule has 2 heteroatoms. The second kappa shape index (κ2) is 2.98. The van der Waals surface area contributed by atoms with Crippen molar-refractivity contribution in [3.8, 4) is 0 Å². The molecule has 1 aromatic carbocycles. The summed E-state index contributed by atoms with van der Waals surface area (Å²) in [6.07, 6.45) is 3.91. The minimum absolute atomic E-state index is 0.826. The number of anilines is 1. The van der Waals surface area contributed by atoms with Crippen LogP contribution >= 0.6 is 0 Å². The number of hydrogen-bond donors (Lipinski definition) is 1. The van der Waals surface area contributed by atoms with Gasteiger partial charge in [0.15, 0.2) is 0 Å². The third kappa shape index (κ3) is 1.20. The van der Waals surface area contributed by atoms with Gasteiger partial charge in [0.2, 0.25) is 0 Å². The molecule has 2 N–H and O–H groups in total. The molecule has 66 valence electrons.